The molecule has 1 aromatic carbocycles. The Morgan fingerprint density at radius 1 is 1.24 bits per heavy atom. The summed E-state index contributed by atoms with van der Waals surface area (Å²) in [6.45, 7) is 0. The SMILES string of the molecule is N#CC1=c2cc(Cl)ccc2=C2C=CC=CC2O1. The third kappa shape index (κ3) is 1.56. The first-order valence-corrected chi connectivity index (χ1v) is 5.63. The molecule has 1 aromatic rings. The van der Waals surface area contributed by atoms with Gasteiger partial charge in [0.1, 0.15) is 12.2 Å². The third-order valence-corrected chi connectivity index (χ3v) is 3.10. The van der Waals surface area contributed by atoms with Gasteiger partial charge in [0.05, 0.1) is 0 Å². The minimum Gasteiger partial charge on any atom is -0.471 e. The van der Waals surface area contributed by atoms with E-state index in [0.717, 1.165) is 16.0 Å². The second-order valence-corrected chi connectivity index (χ2v) is 4.31. The third-order valence-electron chi connectivity index (χ3n) is 2.86. The van der Waals surface area contributed by atoms with Crippen LogP contribution in [0.3, 0.4) is 0 Å². The van der Waals surface area contributed by atoms with Gasteiger partial charge >= 0.3 is 0 Å². The number of nitrogens with zero attached hydrogens (tertiary/aromatic N) is 1. The topological polar surface area (TPSA) is 33.0 Å². The van der Waals surface area contributed by atoms with E-state index in [0.29, 0.717) is 10.8 Å². The maximum atomic E-state index is 9.11. The van der Waals surface area contributed by atoms with E-state index in [1.54, 1.807) is 6.07 Å². The summed E-state index contributed by atoms with van der Waals surface area (Å²) in [5.41, 5.74) is 1.07. The van der Waals surface area contributed by atoms with Crippen LogP contribution in [0, 0.1) is 11.3 Å². The average molecular weight is 242 g/mol. The van der Waals surface area contributed by atoms with Crippen LogP contribution in [0.2, 0.25) is 5.02 Å². The molecular weight excluding hydrogens is 234 g/mol. The van der Waals surface area contributed by atoms with E-state index in [1.165, 1.54) is 0 Å². The number of allylic oxidation sites excluding steroid dienone is 2. The normalized spacial score (nSPS) is 20.4. The zero-order valence-electron chi connectivity index (χ0n) is 8.85. The summed E-state index contributed by atoms with van der Waals surface area (Å²) in [4.78, 5) is 0. The second kappa shape index (κ2) is 3.80. The lowest BCUT2D eigenvalue weighted by atomic mass is 9.98. The van der Waals surface area contributed by atoms with Crippen molar-refractivity contribution < 1.29 is 4.74 Å². The molecule has 1 heterocycles. The highest BCUT2D eigenvalue weighted by molar-refractivity contribution is 6.30. The molecule has 0 amide bonds. The van der Waals surface area contributed by atoms with Crippen molar-refractivity contribution in [1.29, 1.82) is 5.26 Å². The van der Waals surface area contributed by atoms with Gasteiger partial charge in [-0.05, 0) is 23.4 Å². The summed E-state index contributed by atoms with van der Waals surface area (Å²) in [5.74, 6) is 0.330. The van der Waals surface area contributed by atoms with Crippen molar-refractivity contribution in [3.8, 4) is 6.07 Å². The molecule has 82 valence electrons. The van der Waals surface area contributed by atoms with Crippen molar-refractivity contribution in [3.05, 3.63) is 58.0 Å². The van der Waals surface area contributed by atoms with Crippen molar-refractivity contribution in [2.45, 2.75) is 6.10 Å². The molecule has 1 atom stereocenters. The van der Waals surface area contributed by atoms with Crippen molar-refractivity contribution in [3.63, 3.8) is 0 Å². The van der Waals surface area contributed by atoms with Gasteiger partial charge in [-0.15, -0.1) is 0 Å². The Hall–Kier alpha value is -1.98. The van der Waals surface area contributed by atoms with Crippen molar-refractivity contribution >= 4 is 22.9 Å². The van der Waals surface area contributed by atoms with E-state index >= 15 is 0 Å². The van der Waals surface area contributed by atoms with E-state index in [4.69, 9.17) is 21.6 Å². The predicted octanol–water partition coefficient (Wildman–Crippen LogP) is 1.65. The highest BCUT2D eigenvalue weighted by Gasteiger charge is 2.20. The minimum atomic E-state index is -0.164. The maximum Gasteiger partial charge on any atom is 0.206 e. The summed E-state index contributed by atoms with van der Waals surface area (Å²) in [5, 5.41) is 11.5. The van der Waals surface area contributed by atoms with E-state index in [9.17, 15) is 0 Å². The number of hydrogen-bond acceptors (Lipinski definition) is 2. The molecule has 0 spiro atoms. The summed E-state index contributed by atoms with van der Waals surface area (Å²) >= 11 is 5.95. The van der Waals surface area contributed by atoms with Crippen molar-refractivity contribution in [2.75, 3.05) is 0 Å². The molecule has 2 aliphatic rings. The van der Waals surface area contributed by atoms with Gasteiger partial charge in [0.15, 0.2) is 0 Å². The number of benzene rings is 1. The fraction of sp³-hybridized carbons (Fsp3) is 0.0714. The van der Waals surface area contributed by atoms with Gasteiger partial charge in [-0.3, -0.25) is 0 Å². The molecule has 2 nitrogen and oxygen atoms in total. The Morgan fingerprint density at radius 2 is 2.12 bits per heavy atom. The molecule has 0 radical (unpaired) electrons. The monoisotopic (exact) mass is 241 g/mol. The first-order valence-electron chi connectivity index (χ1n) is 5.25. The fourth-order valence-corrected chi connectivity index (χ4v) is 2.27. The molecule has 0 aromatic heterocycles. The van der Waals surface area contributed by atoms with Crippen LogP contribution in [0.4, 0.5) is 0 Å². The van der Waals surface area contributed by atoms with Gasteiger partial charge in [-0.25, -0.2) is 0 Å². The van der Waals surface area contributed by atoms with Gasteiger partial charge in [-0.2, -0.15) is 5.26 Å². The number of rotatable bonds is 0. The molecule has 0 saturated heterocycles. The first kappa shape index (κ1) is 10.2. The van der Waals surface area contributed by atoms with Gasteiger partial charge in [0.2, 0.25) is 5.76 Å². The number of fused-ring (bicyclic) bond motifs is 2. The molecule has 3 rings (SSSR count). The Kier molecular flexibility index (Phi) is 2.28. The fourth-order valence-electron chi connectivity index (χ4n) is 2.10. The van der Waals surface area contributed by atoms with Gasteiger partial charge in [-0.1, -0.05) is 35.9 Å². The Bertz CT molecular complexity index is 707. The zero-order chi connectivity index (χ0) is 11.8. The Morgan fingerprint density at radius 3 is 2.94 bits per heavy atom. The predicted molar refractivity (Wildman–Crippen MR) is 66.3 cm³/mol. The molecule has 0 N–H and O–H groups in total. The van der Waals surface area contributed by atoms with Crippen LogP contribution in [0.25, 0.3) is 11.3 Å². The van der Waals surface area contributed by atoms with Crippen LogP contribution in [-0.2, 0) is 4.74 Å². The van der Waals surface area contributed by atoms with Crippen LogP contribution in [0.15, 0.2) is 42.5 Å². The highest BCUT2D eigenvalue weighted by Crippen LogP contribution is 2.20. The number of ether oxygens (including phenoxy) is 1. The molecule has 3 heteroatoms. The molecule has 0 fully saturated rings. The van der Waals surface area contributed by atoms with E-state index in [2.05, 4.69) is 6.07 Å². The molecular formula is C14H8ClNO. The van der Waals surface area contributed by atoms with Crippen LogP contribution in [0.1, 0.15) is 0 Å². The molecule has 1 aliphatic carbocycles. The molecule has 0 saturated carbocycles. The summed E-state index contributed by atoms with van der Waals surface area (Å²) < 4.78 is 5.64. The smallest absolute Gasteiger partial charge is 0.206 e. The lowest BCUT2D eigenvalue weighted by Gasteiger charge is -2.22. The van der Waals surface area contributed by atoms with Gasteiger partial charge in [0.25, 0.3) is 0 Å². The Labute approximate surface area is 103 Å². The lowest BCUT2D eigenvalue weighted by molar-refractivity contribution is 0.260. The van der Waals surface area contributed by atoms with Crippen LogP contribution < -0.4 is 10.4 Å². The van der Waals surface area contributed by atoms with E-state index in [-0.39, 0.29) is 6.10 Å². The van der Waals surface area contributed by atoms with Crippen LogP contribution in [-0.4, -0.2) is 6.10 Å². The number of nitriles is 1. The second-order valence-electron chi connectivity index (χ2n) is 3.87. The summed E-state index contributed by atoms with van der Waals surface area (Å²) in [6, 6.07) is 7.62. The summed E-state index contributed by atoms with van der Waals surface area (Å²) in [6.07, 6.45) is 7.66. The lowest BCUT2D eigenvalue weighted by Crippen LogP contribution is -2.38. The minimum absolute atomic E-state index is 0.164. The average Bonchev–Trinajstić information content (AvgIpc) is 2.37. The van der Waals surface area contributed by atoms with Gasteiger partial charge < -0.3 is 4.74 Å². The zero-order valence-corrected chi connectivity index (χ0v) is 9.61. The molecule has 1 aliphatic heterocycles. The molecule has 1 unspecified atom stereocenters. The molecule has 0 bridgehead atoms. The van der Waals surface area contributed by atoms with Crippen molar-refractivity contribution in [1.82, 2.24) is 0 Å². The van der Waals surface area contributed by atoms with Crippen molar-refractivity contribution in [2.24, 2.45) is 0 Å². The van der Waals surface area contributed by atoms with Gasteiger partial charge in [0, 0.05) is 15.8 Å². The largest absolute Gasteiger partial charge is 0.471 e. The Balaban J connectivity index is 2.46. The number of halogens is 1. The summed E-state index contributed by atoms with van der Waals surface area (Å²) in [7, 11) is 0. The van der Waals surface area contributed by atoms with Crippen LogP contribution in [0.5, 0.6) is 0 Å². The highest BCUT2D eigenvalue weighted by atomic mass is 35.5. The van der Waals surface area contributed by atoms with Crippen LogP contribution >= 0.6 is 11.6 Å². The quantitative estimate of drug-likeness (QED) is 0.692. The maximum absolute atomic E-state index is 9.11. The van der Waals surface area contributed by atoms with E-state index < -0.39 is 0 Å². The number of hydrogen-bond donors (Lipinski definition) is 0. The van der Waals surface area contributed by atoms with E-state index in [1.807, 2.05) is 36.4 Å². The first-order chi connectivity index (χ1) is 8.29. The standard InChI is InChI=1S/C14H8ClNO/c15-9-5-6-10-11-3-1-2-4-13(11)17-14(8-16)12(10)7-9/h1-7,13H. The molecule has 17 heavy (non-hydrogen) atoms.